The van der Waals surface area contributed by atoms with Gasteiger partial charge in [0.25, 0.3) is 0 Å². The first-order valence-corrected chi connectivity index (χ1v) is 5.37. The van der Waals surface area contributed by atoms with E-state index in [1.54, 1.807) is 0 Å². The Balaban J connectivity index is 0. The molecule has 0 amide bonds. The Kier molecular flexibility index (Phi) is 21.9. The summed E-state index contributed by atoms with van der Waals surface area (Å²) < 4.78 is 20.1. The van der Waals surface area contributed by atoms with Crippen LogP contribution in [0, 0.1) is 0 Å². The Hall–Kier alpha value is 1.26. The van der Waals surface area contributed by atoms with Crippen molar-refractivity contribution in [2.75, 3.05) is 52.9 Å². The van der Waals surface area contributed by atoms with E-state index < -0.39 is 0 Å². The molecule has 0 saturated carbocycles. The Morgan fingerprint density at radius 2 is 1.13 bits per heavy atom. The van der Waals surface area contributed by atoms with Crippen molar-refractivity contribution in [1.82, 2.24) is 0 Å². The summed E-state index contributed by atoms with van der Waals surface area (Å²) in [5.74, 6) is 0. The number of halogens is 2. The minimum atomic E-state index is 0. The van der Waals surface area contributed by atoms with Crippen LogP contribution in [0.5, 0.6) is 0 Å². The number of ether oxygens (including phenoxy) is 3. The smallest absolute Gasteiger partial charge is 0.109 e. The highest BCUT2D eigenvalue weighted by atomic mass is 127. The van der Waals surface area contributed by atoms with Crippen molar-refractivity contribution in [3.63, 3.8) is 0 Å². The van der Waals surface area contributed by atoms with Crippen LogP contribution in [0.2, 0.25) is 0 Å². The van der Waals surface area contributed by atoms with Gasteiger partial charge >= 0.3 is 0 Å². The molecule has 0 aromatic heterocycles. The average molecular weight is 448 g/mol. The minimum Gasteiger partial charge on any atom is -0.394 e. The van der Waals surface area contributed by atoms with E-state index in [1.807, 2.05) is 23.0 Å². The quantitative estimate of drug-likeness (QED) is 0.378. The molecule has 0 aromatic rings. The monoisotopic (exact) mass is 448 g/mol. The number of hydrogen-bond acceptors (Lipinski definition) is 5. The largest absolute Gasteiger partial charge is 0.394 e. The van der Waals surface area contributed by atoms with Gasteiger partial charge in [0.05, 0.1) is 52.9 Å². The van der Waals surface area contributed by atoms with Crippen molar-refractivity contribution < 1.29 is 22.4 Å². The maximum absolute atomic E-state index is 8.39. The lowest BCUT2D eigenvalue weighted by Crippen LogP contribution is -2.11. The molecule has 0 atom stereocenters. The summed E-state index contributed by atoms with van der Waals surface area (Å²) in [4.78, 5) is 0. The van der Waals surface area contributed by atoms with Crippen LogP contribution in [0.3, 0.4) is 0 Å². The Morgan fingerprint density at radius 1 is 0.733 bits per heavy atom. The molecule has 7 heteroatoms. The van der Waals surface area contributed by atoms with Gasteiger partial charge in [-0.3, -0.25) is 0 Å². The molecular weight excluding hydrogens is 430 g/mol. The van der Waals surface area contributed by atoms with E-state index in [9.17, 15) is 0 Å². The predicted octanol–water partition coefficient (Wildman–Crippen LogP) is 1.01. The van der Waals surface area contributed by atoms with Crippen molar-refractivity contribution in [3.05, 3.63) is 0 Å². The Morgan fingerprint density at radius 3 is 1.53 bits per heavy atom. The van der Waals surface area contributed by atoms with Crippen molar-refractivity contribution in [2.45, 2.75) is 0 Å². The molecule has 94 valence electrons. The second kappa shape index (κ2) is 17.6. The zero-order valence-electron chi connectivity index (χ0n) is 8.52. The van der Waals surface area contributed by atoms with E-state index in [2.05, 4.69) is 0 Å². The SMILES string of the molecule is I.OCCOCCOCCOCCOI. The highest BCUT2D eigenvalue weighted by molar-refractivity contribution is 14.1. The molecule has 0 aliphatic carbocycles. The number of aliphatic hydroxyl groups excluding tert-OH is 1. The molecule has 0 aliphatic heterocycles. The topological polar surface area (TPSA) is 57.2 Å². The summed E-state index contributed by atoms with van der Waals surface area (Å²) in [5.41, 5.74) is 0. The van der Waals surface area contributed by atoms with E-state index in [1.165, 1.54) is 0 Å². The predicted molar refractivity (Wildman–Crippen MR) is 74.9 cm³/mol. The first-order valence-electron chi connectivity index (χ1n) is 4.49. The van der Waals surface area contributed by atoms with Crippen LogP contribution < -0.4 is 0 Å². The van der Waals surface area contributed by atoms with Crippen LogP contribution >= 0.6 is 47.0 Å². The molecule has 0 aromatic carbocycles. The molecule has 15 heavy (non-hydrogen) atoms. The molecule has 0 unspecified atom stereocenters. The Labute approximate surface area is 121 Å². The third-order valence-electron chi connectivity index (χ3n) is 1.28. The molecule has 0 rings (SSSR count). The second-order valence-corrected chi connectivity index (χ2v) is 3.00. The van der Waals surface area contributed by atoms with E-state index in [4.69, 9.17) is 22.4 Å². The molecule has 1 N–H and O–H groups in total. The molecule has 0 spiro atoms. The molecule has 0 heterocycles. The highest BCUT2D eigenvalue weighted by Crippen LogP contribution is 1.85. The summed E-state index contributed by atoms with van der Waals surface area (Å²) in [7, 11) is 0. The lowest BCUT2D eigenvalue weighted by molar-refractivity contribution is 0.00520. The van der Waals surface area contributed by atoms with Crippen molar-refractivity contribution >= 4 is 47.0 Å². The van der Waals surface area contributed by atoms with Crippen LogP contribution in [0.1, 0.15) is 0 Å². The molecular formula is C8H18I2O5. The van der Waals surface area contributed by atoms with E-state index in [-0.39, 0.29) is 30.6 Å². The standard InChI is InChI=1S/C8H17IO5.HI/c9-14-8-7-13-6-5-12-4-3-11-2-1-10;/h10H,1-8H2;1H. The van der Waals surface area contributed by atoms with Gasteiger partial charge in [-0.25, -0.2) is 0 Å². The van der Waals surface area contributed by atoms with Gasteiger partial charge < -0.3 is 22.4 Å². The number of aliphatic hydroxyl groups is 1. The van der Waals surface area contributed by atoms with Gasteiger partial charge in [0, 0.05) is 0 Å². The van der Waals surface area contributed by atoms with Gasteiger partial charge in [0.2, 0.25) is 0 Å². The van der Waals surface area contributed by atoms with Gasteiger partial charge in [0.1, 0.15) is 23.0 Å². The third kappa shape index (κ3) is 17.9. The fourth-order valence-electron chi connectivity index (χ4n) is 0.697. The van der Waals surface area contributed by atoms with Crippen LogP contribution in [0.25, 0.3) is 0 Å². The summed E-state index contributed by atoms with van der Waals surface area (Å²) in [6.07, 6.45) is 0. The zero-order chi connectivity index (χ0) is 10.5. The van der Waals surface area contributed by atoms with Crippen LogP contribution in [0.15, 0.2) is 0 Å². The molecule has 0 saturated heterocycles. The molecule has 0 aliphatic rings. The summed E-state index contributed by atoms with van der Waals surface area (Å²) >= 11 is 1.83. The fraction of sp³-hybridized carbons (Fsp3) is 1.00. The van der Waals surface area contributed by atoms with Gasteiger partial charge in [-0.05, 0) is 0 Å². The molecule has 0 fully saturated rings. The summed E-state index contributed by atoms with van der Waals surface area (Å²) in [6.45, 7) is 3.78. The lowest BCUT2D eigenvalue weighted by atomic mass is 10.7. The van der Waals surface area contributed by atoms with E-state index in [0.29, 0.717) is 46.2 Å². The maximum Gasteiger partial charge on any atom is 0.109 e. The van der Waals surface area contributed by atoms with Crippen molar-refractivity contribution in [3.8, 4) is 0 Å². The maximum atomic E-state index is 8.39. The zero-order valence-corrected chi connectivity index (χ0v) is 13.0. The molecule has 0 bridgehead atoms. The second-order valence-electron chi connectivity index (χ2n) is 2.37. The first kappa shape index (κ1) is 18.6. The lowest BCUT2D eigenvalue weighted by Gasteiger charge is -2.05. The van der Waals surface area contributed by atoms with E-state index >= 15 is 0 Å². The molecule has 5 nitrogen and oxygen atoms in total. The first-order chi connectivity index (χ1) is 6.91. The van der Waals surface area contributed by atoms with Gasteiger partial charge in [0.15, 0.2) is 0 Å². The Bertz CT molecular complexity index is 95.0. The summed E-state index contributed by atoms with van der Waals surface area (Å²) in [6, 6.07) is 0. The normalized spacial score (nSPS) is 10.0. The number of rotatable bonds is 11. The van der Waals surface area contributed by atoms with Gasteiger partial charge in [-0.2, -0.15) is 0 Å². The van der Waals surface area contributed by atoms with Crippen LogP contribution in [0.4, 0.5) is 0 Å². The van der Waals surface area contributed by atoms with Gasteiger partial charge in [-0.1, -0.05) is 0 Å². The fourth-order valence-corrected chi connectivity index (χ4v) is 0.877. The average Bonchev–Trinajstić information content (AvgIpc) is 2.21. The van der Waals surface area contributed by atoms with Crippen molar-refractivity contribution in [2.24, 2.45) is 0 Å². The summed E-state index contributed by atoms with van der Waals surface area (Å²) in [5, 5.41) is 8.39. The van der Waals surface area contributed by atoms with Crippen LogP contribution in [-0.2, 0) is 17.3 Å². The highest BCUT2D eigenvalue weighted by Gasteiger charge is 1.90. The van der Waals surface area contributed by atoms with Gasteiger partial charge in [-0.15, -0.1) is 24.0 Å². The van der Waals surface area contributed by atoms with E-state index in [0.717, 1.165) is 0 Å². The number of hydrogen-bond donors (Lipinski definition) is 1. The molecule has 0 radical (unpaired) electrons. The third-order valence-corrected chi connectivity index (χ3v) is 1.72. The van der Waals surface area contributed by atoms with Crippen molar-refractivity contribution in [1.29, 1.82) is 0 Å². The van der Waals surface area contributed by atoms with Crippen LogP contribution in [-0.4, -0.2) is 58.0 Å². The minimum absolute atomic E-state index is 0.